The molecule has 2 aromatic carbocycles. The van der Waals surface area contributed by atoms with Crippen LogP contribution in [0.25, 0.3) is 11.0 Å². The first kappa shape index (κ1) is 14.4. The number of hydrogen-bond donors (Lipinski definition) is 1. The van der Waals surface area contributed by atoms with Crippen molar-refractivity contribution < 1.29 is 4.42 Å². The number of para-hydroxylation sites is 1. The predicted octanol–water partition coefficient (Wildman–Crippen LogP) is 5.61. The van der Waals surface area contributed by atoms with Gasteiger partial charge in [-0.25, -0.2) is 0 Å². The fraction of sp³-hybridized carbons (Fsp3) is 0.222. The van der Waals surface area contributed by atoms with E-state index in [0.717, 1.165) is 21.2 Å². The normalized spacial score (nSPS) is 14.2. The molecule has 0 radical (unpaired) electrons. The smallest absolute Gasteiger partial charge is 0.134 e. The Hall–Kier alpha value is -1.58. The zero-order valence-electron chi connectivity index (χ0n) is 12.1. The topological polar surface area (TPSA) is 25.2 Å². The van der Waals surface area contributed by atoms with Crippen LogP contribution in [0.5, 0.6) is 0 Å². The molecule has 3 rings (SSSR count). The Morgan fingerprint density at radius 3 is 2.52 bits per heavy atom. The molecule has 0 aliphatic heterocycles. The molecule has 2 atom stereocenters. The number of rotatable bonds is 4. The molecular formula is C18H18BrNO. The van der Waals surface area contributed by atoms with Gasteiger partial charge >= 0.3 is 0 Å². The fourth-order valence-corrected chi connectivity index (χ4v) is 2.96. The molecule has 0 amide bonds. The van der Waals surface area contributed by atoms with E-state index in [-0.39, 0.29) is 12.1 Å². The molecule has 0 bridgehead atoms. The van der Waals surface area contributed by atoms with Gasteiger partial charge in [-0.2, -0.15) is 0 Å². The van der Waals surface area contributed by atoms with Gasteiger partial charge < -0.3 is 9.73 Å². The fourth-order valence-electron chi connectivity index (χ4n) is 2.55. The summed E-state index contributed by atoms with van der Waals surface area (Å²) in [6.07, 6.45) is 0. The lowest BCUT2D eigenvalue weighted by molar-refractivity contribution is 0.417. The van der Waals surface area contributed by atoms with Crippen LogP contribution in [0.4, 0.5) is 0 Å². The Morgan fingerprint density at radius 2 is 1.76 bits per heavy atom. The molecule has 3 aromatic rings. The maximum absolute atomic E-state index is 5.92. The zero-order chi connectivity index (χ0) is 14.8. The van der Waals surface area contributed by atoms with Crippen LogP contribution in [0.2, 0.25) is 0 Å². The Balaban J connectivity index is 1.77. The second kappa shape index (κ2) is 6.04. The van der Waals surface area contributed by atoms with Gasteiger partial charge in [0.05, 0.1) is 6.04 Å². The number of furan rings is 1. The van der Waals surface area contributed by atoms with Crippen molar-refractivity contribution in [3.05, 3.63) is 70.4 Å². The van der Waals surface area contributed by atoms with Crippen LogP contribution in [0.15, 0.2) is 63.5 Å². The van der Waals surface area contributed by atoms with E-state index in [1.54, 1.807) is 0 Å². The molecule has 0 saturated carbocycles. The van der Waals surface area contributed by atoms with Gasteiger partial charge in [0.1, 0.15) is 11.3 Å². The lowest BCUT2D eigenvalue weighted by Crippen LogP contribution is -2.22. The first-order valence-corrected chi connectivity index (χ1v) is 7.93. The highest BCUT2D eigenvalue weighted by atomic mass is 79.9. The molecule has 3 heteroatoms. The standard InChI is InChI=1S/C18H18BrNO/c1-12(14-7-5-8-16(19)10-14)20-13(2)18-11-15-6-3-4-9-17(15)21-18/h3-13,20H,1-2H3/t12-,13?/m1/s1. The second-order valence-electron chi connectivity index (χ2n) is 5.35. The quantitative estimate of drug-likeness (QED) is 0.666. The monoisotopic (exact) mass is 343 g/mol. The molecule has 0 saturated heterocycles. The van der Waals surface area contributed by atoms with Crippen LogP contribution >= 0.6 is 15.9 Å². The van der Waals surface area contributed by atoms with Crippen molar-refractivity contribution in [2.45, 2.75) is 25.9 Å². The average molecular weight is 344 g/mol. The first-order chi connectivity index (χ1) is 10.1. The summed E-state index contributed by atoms with van der Waals surface area (Å²) in [5.41, 5.74) is 2.20. The van der Waals surface area contributed by atoms with E-state index in [9.17, 15) is 0 Å². The van der Waals surface area contributed by atoms with Gasteiger partial charge in [0, 0.05) is 15.9 Å². The summed E-state index contributed by atoms with van der Waals surface area (Å²) in [7, 11) is 0. The van der Waals surface area contributed by atoms with E-state index >= 15 is 0 Å². The summed E-state index contributed by atoms with van der Waals surface area (Å²) in [4.78, 5) is 0. The third-order valence-electron chi connectivity index (χ3n) is 3.72. The van der Waals surface area contributed by atoms with Crippen LogP contribution < -0.4 is 5.32 Å². The number of hydrogen-bond acceptors (Lipinski definition) is 2. The summed E-state index contributed by atoms with van der Waals surface area (Å²) in [5, 5.41) is 4.74. The van der Waals surface area contributed by atoms with Gasteiger partial charge in [-0.15, -0.1) is 0 Å². The maximum atomic E-state index is 5.92. The molecule has 1 N–H and O–H groups in total. The van der Waals surface area contributed by atoms with Gasteiger partial charge in [-0.3, -0.25) is 0 Å². The van der Waals surface area contributed by atoms with Crippen molar-refractivity contribution in [3.63, 3.8) is 0 Å². The largest absolute Gasteiger partial charge is 0.459 e. The molecule has 2 nitrogen and oxygen atoms in total. The molecule has 108 valence electrons. The molecule has 0 spiro atoms. The summed E-state index contributed by atoms with van der Waals surface area (Å²) in [5.74, 6) is 0.970. The van der Waals surface area contributed by atoms with Gasteiger partial charge in [-0.1, -0.05) is 46.3 Å². The third kappa shape index (κ3) is 3.20. The number of benzene rings is 2. The van der Waals surface area contributed by atoms with Crippen molar-refractivity contribution in [3.8, 4) is 0 Å². The SMILES string of the molecule is CC(N[C@H](C)c1cccc(Br)c1)c1cc2ccccc2o1. The maximum Gasteiger partial charge on any atom is 0.134 e. The Kier molecular flexibility index (Phi) is 4.13. The van der Waals surface area contributed by atoms with Gasteiger partial charge in [0.25, 0.3) is 0 Å². The van der Waals surface area contributed by atoms with Crippen LogP contribution in [-0.2, 0) is 0 Å². The first-order valence-electron chi connectivity index (χ1n) is 7.13. The summed E-state index contributed by atoms with van der Waals surface area (Å²) in [6, 6.07) is 19.0. The predicted molar refractivity (Wildman–Crippen MR) is 90.3 cm³/mol. The van der Waals surface area contributed by atoms with Gasteiger partial charge in [-0.05, 0) is 43.7 Å². The highest BCUT2D eigenvalue weighted by Gasteiger charge is 2.15. The van der Waals surface area contributed by atoms with E-state index in [0.29, 0.717) is 0 Å². The Bertz CT molecular complexity index is 717. The average Bonchev–Trinajstić information content (AvgIpc) is 2.91. The van der Waals surface area contributed by atoms with E-state index < -0.39 is 0 Å². The van der Waals surface area contributed by atoms with Crippen molar-refractivity contribution >= 4 is 26.9 Å². The minimum absolute atomic E-state index is 0.159. The zero-order valence-corrected chi connectivity index (χ0v) is 13.7. The third-order valence-corrected chi connectivity index (χ3v) is 4.21. The van der Waals surface area contributed by atoms with Gasteiger partial charge in [0.15, 0.2) is 0 Å². The number of fused-ring (bicyclic) bond motifs is 1. The van der Waals surface area contributed by atoms with Crippen LogP contribution in [0.3, 0.4) is 0 Å². The lowest BCUT2D eigenvalue weighted by atomic mass is 10.1. The van der Waals surface area contributed by atoms with Crippen molar-refractivity contribution in [1.29, 1.82) is 0 Å². The minimum atomic E-state index is 0.159. The van der Waals surface area contributed by atoms with Crippen LogP contribution in [0.1, 0.15) is 37.3 Å². The second-order valence-corrected chi connectivity index (χ2v) is 6.27. The Morgan fingerprint density at radius 1 is 0.952 bits per heavy atom. The molecule has 0 aliphatic rings. The minimum Gasteiger partial charge on any atom is -0.459 e. The van der Waals surface area contributed by atoms with Crippen molar-refractivity contribution in [1.82, 2.24) is 5.32 Å². The highest BCUT2D eigenvalue weighted by Crippen LogP contribution is 2.26. The number of nitrogens with one attached hydrogen (secondary N) is 1. The Labute approximate surface area is 133 Å². The summed E-state index contributed by atoms with van der Waals surface area (Å²) >= 11 is 3.52. The summed E-state index contributed by atoms with van der Waals surface area (Å²) < 4.78 is 7.02. The van der Waals surface area contributed by atoms with E-state index in [4.69, 9.17) is 4.42 Å². The van der Waals surface area contributed by atoms with Crippen molar-refractivity contribution in [2.75, 3.05) is 0 Å². The molecule has 0 aliphatic carbocycles. The molecular weight excluding hydrogens is 326 g/mol. The van der Waals surface area contributed by atoms with E-state index in [1.165, 1.54) is 5.56 Å². The summed E-state index contributed by atoms with van der Waals surface area (Å²) in [6.45, 7) is 4.30. The highest BCUT2D eigenvalue weighted by molar-refractivity contribution is 9.10. The van der Waals surface area contributed by atoms with Crippen molar-refractivity contribution in [2.24, 2.45) is 0 Å². The molecule has 21 heavy (non-hydrogen) atoms. The molecule has 1 heterocycles. The number of halogens is 1. The lowest BCUT2D eigenvalue weighted by Gasteiger charge is -2.19. The molecule has 1 aromatic heterocycles. The molecule has 1 unspecified atom stereocenters. The van der Waals surface area contributed by atoms with E-state index in [2.05, 4.69) is 65.4 Å². The van der Waals surface area contributed by atoms with Crippen LogP contribution in [-0.4, -0.2) is 0 Å². The van der Waals surface area contributed by atoms with Gasteiger partial charge in [0.2, 0.25) is 0 Å². The van der Waals surface area contributed by atoms with Crippen LogP contribution in [0, 0.1) is 0 Å². The van der Waals surface area contributed by atoms with E-state index in [1.807, 2.05) is 24.3 Å². The molecule has 0 fully saturated rings.